The first-order valence-electron chi connectivity index (χ1n) is 5.59. The largest absolute Gasteiger partial charge is 0.378 e. The van der Waals surface area contributed by atoms with Crippen LogP contribution in [0.2, 0.25) is 5.02 Å². The van der Waals surface area contributed by atoms with E-state index in [4.69, 9.17) is 11.6 Å². The number of aromatic nitrogens is 3. The highest BCUT2D eigenvalue weighted by Gasteiger charge is 2.16. The van der Waals surface area contributed by atoms with Crippen LogP contribution in [-0.4, -0.2) is 26.2 Å². The van der Waals surface area contributed by atoms with Gasteiger partial charge in [-0.1, -0.05) is 17.7 Å². The first-order valence-corrected chi connectivity index (χ1v) is 5.97. The fraction of sp³-hybridized carbons (Fsp3) is 0.273. The van der Waals surface area contributed by atoms with Crippen LogP contribution in [0.25, 0.3) is 0 Å². The lowest BCUT2D eigenvalue weighted by molar-refractivity contribution is -0.383. The van der Waals surface area contributed by atoms with E-state index >= 15 is 0 Å². The van der Waals surface area contributed by atoms with Gasteiger partial charge in [-0.2, -0.15) is 5.10 Å². The van der Waals surface area contributed by atoms with Crippen molar-refractivity contribution in [2.24, 2.45) is 7.05 Å². The normalized spacial score (nSPS) is 10.4. The Bertz CT molecular complexity index is 599. The first kappa shape index (κ1) is 13.3. The van der Waals surface area contributed by atoms with Crippen molar-refractivity contribution in [2.75, 3.05) is 11.9 Å². The molecule has 100 valence electrons. The molecule has 8 heteroatoms. The maximum Gasteiger partial charge on any atom is 0.293 e. The minimum atomic E-state index is -0.465. The molecule has 1 aromatic carbocycles. The van der Waals surface area contributed by atoms with Crippen LogP contribution in [0.5, 0.6) is 0 Å². The monoisotopic (exact) mass is 281 g/mol. The standard InChI is InChI=1S/C11H12ClN5O2/c1-16-7-14-10(15-16)5-6-13-11-8(12)3-2-4-9(11)17(18)19/h2-4,7,13H,5-6H2,1H3. The van der Waals surface area contributed by atoms with Gasteiger partial charge in [0, 0.05) is 26.1 Å². The lowest BCUT2D eigenvalue weighted by Gasteiger charge is -2.07. The third-order valence-corrected chi connectivity index (χ3v) is 2.80. The van der Waals surface area contributed by atoms with Crippen molar-refractivity contribution >= 4 is 23.0 Å². The van der Waals surface area contributed by atoms with Crippen LogP contribution in [0, 0.1) is 10.1 Å². The number of hydrogen-bond donors (Lipinski definition) is 1. The Labute approximate surface area is 114 Å². The molecule has 0 fully saturated rings. The van der Waals surface area contributed by atoms with E-state index in [9.17, 15) is 10.1 Å². The highest BCUT2D eigenvalue weighted by molar-refractivity contribution is 6.33. The van der Waals surface area contributed by atoms with Crippen LogP contribution >= 0.6 is 11.6 Å². The fourth-order valence-electron chi connectivity index (χ4n) is 1.64. The summed E-state index contributed by atoms with van der Waals surface area (Å²) in [5, 5.41) is 18.3. The maximum atomic E-state index is 10.9. The first-order chi connectivity index (χ1) is 9.08. The molecule has 0 aliphatic rings. The molecule has 19 heavy (non-hydrogen) atoms. The van der Waals surface area contributed by atoms with Gasteiger partial charge in [0.05, 0.1) is 9.95 Å². The zero-order valence-corrected chi connectivity index (χ0v) is 11.0. The second kappa shape index (κ2) is 5.66. The second-order valence-corrected chi connectivity index (χ2v) is 4.31. The molecule has 0 aliphatic carbocycles. The molecule has 2 rings (SSSR count). The number of para-hydroxylation sites is 1. The Morgan fingerprint density at radius 1 is 1.53 bits per heavy atom. The number of rotatable bonds is 5. The number of nitrogens with zero attached hydrogens (tertiary/aromatic N) is 4. The summed E-state index contributed by atoms with van der Waals surface area (Å²) in [7, 11) is 1.78. The maximum absolute atomic E-state index is 10.9. The second-order valence-electron chi connectivity index (χ2n) is 3.90. The number of benzene rings is 1. The van der Waals surface area contributed by atoms with E-state index in [1.807, 2.05) is 0 Å². The number of nitro benzene ring substituents is 1. The molecule has 1 N–H and O–H groups in total. The highest BCUT2D eigenvalue weighted by Crippen LogP contribution is 2.31. The Morgan fingerprint density at radius 2 is 2.32 bits per heavy atom. The molecule has 0 spiro atoms. The number of halogens is 1. The van der Waals surface area contributed by atoms with Gasteiger partial charge in [0.25, 0.3) is 5.69 Å². The van der Waals surface area contributed by atoms with Crippen molar-refractivity contribution in [3.05, 3.63) is 45.5 Å². The summed E-state index contributed by atoms with van der Waals surface area (Å²) in [6, 6.07) is 4.56. The number of anilines is 1. The number of hydrogen-bond acceptors (Lipinski definition) is 5. The van der Waals surface area contributed by atoms with Gasteiger partial charge in [0.1, 0.15) is 12.0 Å². The van der Waals surface area contributed by atoms with E-state index in [2.05, 4.69) is 15.4 Å². The van der Waals surface area contributed by atoms with Gasteiger partial charge >= 0.3 is 0 Å². The Kier molecular flexibility index (Phi) is 3.96. The van der Waals surface area contributed by atoms with Crippen molar-refractivity contribution in [1.82, 2.24) is 14.8 Å². The summed E-state index contributed by atoms with van der Waals surface area (Å²) in [4.78, 5) is 14.5. The van der Waals surface area contributed by atoms with Gasteiger partial charge in [-0.3, -0.25) is 14.8 Å². The van der Waals surface area contributed by atoms with Gasteiger partial charge in [0.15, 0.2) is 5.82 Å². The summed E-state index contributed by atoms with van der Waals surface area (Å²) in [6.45, 7) is 0.467. The predicted molar refractivity (Wildman–Crippen MR) is 71.3 cm³/mol. The molecule has 2 aromatic rings. The summed E-state index contributed by atoms with van der Waals surface area (Å²) in [5.74, 6) is 0.671. The van der Waals surface area contributed by atoms with Crippen molar-refractivity contribution in [1.29, 1.82) is 0 Å². The van der Waals surface area contributed by atoms with E-state index < -0.39 is 4.92 Å². The van der Waals surface area contributed by atoms with Crippen LogP contribution in [0.1, 0.15) is 5.82 Å². The van der Waals surface area contributed by atoms with E-state index in [1.165, 1.54) is 6.07 Å². The number of aryl methyl sites for hydroxylation is 1. The molecule has 0 unspecified atom stereocenters. The lowest BCUT2D eigenvalue weighted by atomic mass is 10.2. The zero-order chi connectivity index (χ0) is 13.8. The minimum absolute atomic E-state index is 0.0403. The third kappa shape index (κ3) is 3.19. The predicted octanol–water partition coefficient (Wildman–Crippen LogP) is 2.03. The summed E-state index contributed by atoms with van der Waals surface area (Å²) < 4.78 is 1.60. The lowest BCUT2D eigenvalue weighted by Crippen LogP contribution is -2.08. The summed E-state index contributed by atoms with van der Waals surface area (Å²) >= 11 is 5.96. The molecule has 0 radical (unpaired) electrons. The summed E-state index contributed by atoms with van der Waals surface area (Å²) in [5.41, 5.74) is 0.284. The molecule has 0 bridgehead atoms. The molecule has 1 heterocycles. The summed E-state index contributed by atoms with van der Waals surface area (Å²) in [6.07, 6.45) is 2.16. The van der Waals surface area contributed by atoms with Gasteiger partial charge in [0.2, 0.25) is 0 Å². The minimum Gasteiger partial charge on any atom is -0.378 e. The molecule has 7 nitrogen and oxygen atoms in total. The number of nitrogens with one attached hydrogen (secondary N) is 1. The van der Waals surface area contributed by atoms with Crippen molar-refractivity contribution in [3.63, 3.8) is 0 Å². The third-order valence-electron chi connectivity index (χ3n) is 2.49. The molecular weight excluding hydrogens is 270 g/mol. The van der Waals surface area contributed by atoms with Crippen LogP contribution < -0.4 is 5.32 Å². The molecule has 0 amide bonds. The van der Waals surface area contributed by atoms with E-state index in [0.717, 1.165) is 0 Å². The molecular formula is C11H12ClN5O2. The van der Waals surface area contributed by atoms with Crippen LogP contribution in [0.15, 0.2) is 24.5 Å². The van der Waals surface area contributed by atoms with Crippen LogP contribution in [0.4, 0.5) is 11.4 Å². The Hall–Kier alpha value is -2.15. The topological polar surface area (TPSA) is 85.9 Å². The van der Waals surface area contributed by atoms with Gasteiger partial charge < -0.3 is 5.32 Å². The van der Waals surface area contributed by atoms with E-state index in [0.29, 0.717) is 29.5 Å². The number of nitro groups is 1. The van der Waals surface area contributed by atoms with Crippen molar-refractivity contribution in [2.45, 2.75) is 6.42 Å². The SMILES string of the molecule is Cn1cnc(CCNc2c(Cl)cccc2[N+](=O)[O-])n1. The average Bonchev–Trinajstić information content (AvgIpc) is 2.77. The molecule has 0 aliphatic heterocycles. The van der Waals surface area contributed by atoms with Crippen LogP contribution in [-0.2, 0) is 13.5 Å². The Balaban J connectivity index is 2.05. The molecule has 0 atom stereocenters. The Morgan fingerprint density at radius 3 is 2.95 bits per heavy atom. The van der Waals surface area contributed by atoms with Crippen molar-refractivity contribution in [3.8, 4) is 0 Å². The van der Waals surface area contributed by atoms with Crippen molar-refractivity contribution < 1.29 is 4.92 Å². The highest BCUT2D eigenvalue weighted by atomic mass is 35.5. The molecule has 0 saturated heterocycles. The quantitative estimate of drug-likeness (QED) is 0.669. The van der Waals surface area contributed by atoms with E-state index in [1.54, 1.807) is 30.2 Å². The molecule has 0 saturated carbocycles. The van der Waals surface area contributed by atoms with Gasteiger partial charge in [-0.15, -0.1) is 0 Å². The average molecular weight is 282 g/mol. The zero-order valence-electron chi connectivity index (χ0n) is 10.2. The van der Waals surface area contributed by atoms with Gasteiger partial charge in [-0.05, 0) is 6.07 Å². The fourth-order valence-corrected chi connectivity index (χ4v) is 1.87. The van der Waals surface area contributed by atoms with Crippen LogP contribution in [0.3, 0.4) is 0 Å². The van der Waals surface area contributed by atoms with E-state index in [-0.39, 0.29) is 5.69 Å². The van der Waals surface area contributed by atoms with Gasteiger partial charge in [-0.25, -0.2) is 4.98 Å². The smallest absolute Gasteiger partial charge is 0.293 e. The molecule has 1 aromatic heterocycles.